The SMILES string of the molecule is O=C(NCCC1(C(F)(F)F)CCC1)NCc1ccnc(OC(F)F)c1. The Morgan fingerprint density at radius 3 is 2.60 bits per heavy atom. The summed E-state index contributed by atoms with van der Waals surface area (Å²) in [4.78, 5) is 15.2. The first-order valence-corrected chi connectivity index (χ1v) is 7.70. The lowest BCUT2D eigenvalue weighted by Crippen LogP contribution is -2.47. The summed E-state index contributed by atoms with van der Waals surface area (Å²) >= 11 is 0. The lowest BCUT2D eigenvalue weighted by Gasteiger charge is -2.43. The van der Waals surface area contributed by atoms with Crippen LogP contribution in [0.4, 0.5) is 26.7 Å². The minimum Gasteiger partial charge on any atom is -0.417 e. The fraction of sp³-hybridized carbons (Fsp3) is 0.600. The Bertz CT molecular complexity index is 591. The molecule has 1 aromatic rings. The Hall–Kier alpha value is -2.13. The normalized spacial score (nSPS) is 16.2. The van der Waals surface area contributed by atoms with Gasteiger partial charge in [-0.05, 0) is 30.9 Å². The van der Waals surface area contributed by atoms with Crippen LogP contribution in [-0.4, -0.2) is 30.3 Å². The first-order valence-electron chi connectivity index (χ1n) is 7.70. The first kappa shape index (κ1) is 19.2. The van der Waals surface area contributed by atoms with Crippen molar-refractivity contribution in [2.45, 2.75) is 45.0 Å². The summed E-state index contributed by atoms with van der Waals surface area (Å²) in [5.41, 5.74) is -1.22. The van der Waals surface area contributed by atoms with Crippen LogP contribution < -0.4 is 15.4 Å². The minimum atomic E-state index is -4.26. The zero-order valence-corrected chi connectivity index (χ0v) is 13.2. The number of rotatable bonds is 7. The van der Waals surface area contributed by atoms with Gasteiger partial charge in [0.25, 0.3) is 0 Å². The number of amides is 2. The zero-order chi connectivity index (χ0) is 18.5. The number of nitrogens with zero attached hydrogens (tertiary/aromatic N) is 1. The summed E-state index contributed by atoms with van der Waals surface area (Å²) < 4.78 is 67.3. The van der Waals surface area contributed by atoms with E-state index in [-0.39, 0.29) is 38.2 Å². The van der Waals surface area contributed by atoms with Gasteiger partial charge < -0.3 is 15.4 Å². The topological polar surface area (TPSA) is 63.2 Å². The number of hydrogen-bond acceptors (Lipinski definition) is 3. The molecule has 1 aromatic heterocycles. The average Bonchev–Trinajstić information content (AvgIpc) is 2.46. The maximum atomic E-state index is 13.0. The van der Waals surface area contributed by atoms with Crippen molar-refractivity contribution in [2.75, 3.05) is 6.54 Å². The molecule has 1 fully saturated rings. The molecule has 1 heterocycles. The zero-order valence-electron chi connectivity index (χ0n) is 13.2. The summed E-state index contributed by atoms with van der Waals surface area (Å²) in [6.07, 6.45) is -2.46. The molecule has 0 spiro atoms. The van der Waals surface area contributed by atoms with Crippen molar-refractivity contribution >= 4 is 6.03 Å². The van der Waals surface area contributed by atoms with Gasteiger partial charge in [-0.3, -0.25) is 0 Å². The number of carbonyl (C=O) groups is 1. The van der Waals surface area contributed by atoms with Crippen LogP contribution in [0, 0.1) is 5.41 Å². The van der Waals surface area contributed by atoms with Crippen LogP contribution in [0.15, 0.2) is 18.3 Å². The summed E-state index contributed by atoms with van der Waals surface area (Å²) in [7, 11) is 0. The number of aromatic nitrogens is 1. The molecular formula is C15H18F5N3O2. The largest absolute Gasteiger partial charge is 0.417 e. The van der Waals surface area contributed by atoms with Crippen LogP contribution in [0.5, 0.6) is 5.88 Å². The minimum absolute atomic E-state index is 0.00162. The van der Waals surface area contributed by atoms with E-state index >= 15 is 0 Å². The molecule has 2 rings (SSSR count). The van der Waals surface area contributed by atoms with Crippen molar-refractivity contribution in [3.05, 3.63) is 23.9 Å². The molecule has 2 N–H and O–H groups in total. The number of alkyl halides is 5. The molecular weight excluding hydrogens is 349 g/mol. The van der Waals surface area contributed by atoms with Crippen molar-refractivity contribution in [3.8, 4) is 5.88 Å². The molecule has 0 aliphatic heterocycles. The van der Waals surface area contributed by atoms with Gasteiger partial charge in [0, 0.05) is 25.4 Å². The third-order valence-electron chi connectivity index (χ3n) is 4.26. The number of halogens is 5. The monoisotopic (exact) mass is 367 g/mol. The number of urea groups is 1. The quantitative estimate of drug-likeness (QED) is 0.724. The molecule has 0 atom stereocenters. The molecule has 1 aliphatic rings. The van der Waals surface area contributed by atoms with Gasteiger partial charge >= 0.3 is 18.8 Å². The predicted octanol–water partition coefficient (Wildman–Crippen LogP) is 3.60. The number of ether oxygens (including phenoxy) is 1. The lowest BCUT2D eigenvalue weighted by atomic mass is 9.66. The molecule has 0 saturated heterocycles. The van der Waals surface area contributed by atoms with E-state index in [0.29, 0.717) is 12.0 Å². The van der Waals surface area contributed by atoms with E-state index in [1.807, 2.05) is 0 Å². The van der Waals surface area contributed by atoms with Crippen molar-refractivity contribution in [3.63, 3.8) is 0 Å². The van der Waals surface area contributed by atoms with Crippen LogP contribution in [0.2, 0.25) is 0 Å². The van der Waals surface area contributed by atoms with E-state index in [0.717, 1.165) is 0 Å². The van der Waals surface area contributed by atoms with Gasteiger partial charge in [-0.1, -0.05) is 6.42 Å². The Morgan fingerprint density at radius 2 is 2.04 bits per heavy atom. The van der Waals surface area contributed by atoms with Crippen LogP contribution in [-0.2, 0) is 6.54 Å². The Balaban J connectivity index is 1.74. The van der Waals surface area contributed by atoms with Crippen molar-refractivity contribution in [2.24, 2.45) is 5.41 Å². The Labute approximate surface area is 140 Å². The second-order valence-electron chi connectivity index (χ2n) is 5.87. The number of pyridine rings is 1. The fourth-order valence-electron chi connectivity index (χ4n) is 2.66. The molecule has 25 heavy (non-hydrogen) atoms. The third-order valence-corrected chi connectivity index (χ3v) is 4.26. The van der Waals surface area contributed by atoms with E-state index in [9.17, 15) is 26.7 Å². The third kappa shape index (κ3) is 5.17. The first-order chi connectivity index (χ1) is 11.7. The summed E-state index contributed by atoms with van der Waals surface area (Å²) in [5.74, 6) is -0.285. The van der Waals surface area contributed by atoms with Crippen molar-refractivity contribution < 1.29 is 31.5 Å². The molecule has 1 saturated carbocycles. The van der Waals surface area contributed by atoms with Crippen LogP contribution >= 0.6 is 0 Å². The summed E-state index contributed by atoms with van der Waals surface area (Å²) in [6, 6.07) is 2.09. The molecule has 0 aromatic carbocycles. The van der Waals surface area contributed by atoms with Crippen LogP contribution in [0.25, 0.3) is 0 Å². The number of hydrogen-bond donors (Lipinski definition) is 2. The smallest absolute Gasteiger partial charge is 0.394 e. The number of carbonyl (C=O) groups excluding carboxylic acids is 1. The van der Waals surface area contributed by atoms with Gasteiger partial charge in [-0.25, -0.2) is 9.78 Å². The van der Waals surface area contributed by atoms with Gasteiger partial charge in [-0.2, -0.15) is 22.0 Å². The predicted molar refractivity (Wildman–Crippen MR) is 78.1 cm³/mol. The molecule has 0 radical (unpaired) electrons. The van der Waals surface area contributed by atoms with Crippen molar-refractivity contribution in [1.29, 1.82) is 0 Å². The highest BCUT2D eigenvalue weighted by Gasteiger charge is 2.57. The van der Waals surface area contributed by atoms with E-state index in [2.05, 4.69) is 20.4 Å². The molecule has 2 amide bonds. The van der Waals surface area contributed by atoms with Crippen LogP contribution in [0.3, 0.4) is 0 Å². The molecule has 0 bridgehead atoms. The van der Waals surface area contributed by atoms with Crippen molar-refractivity contribution in [1.82, 2.24) is 15.6 Å². The van der Waals surface area contributed by atoms with Gasteiger partial charge in [0.1, 0.15) is 0 Å². The lowest BCUT2D eigenvalue weighted by molar-refractivity contribution is -0.252. The molecule has 5 nitrogen and oxygen atoms in total. The second-order valence-corrected chi connectivity index (χ2v) is 5.87. The van der Waals surface area contributed by atoms with Gasteiger partial charge in [0.2, 0.25) is 5.88 Å². The molecule has 140 valence electrons. The van der Waals surface area contributed by atoms with E-state index in [1.165, 1.54) is 18.3 Å². The maximum Gasteiger partial charge on any atom is 0.394 e. The summed E-state index contributed by atoms with van der Waals surface area (Å²) in [6.45, 7) is -3.11. The van der Waals surface area contributed by atoms with Gasteiger partial charge in [-0.15, -0.1) is 0 Å². The fourth-order valence-corrected chi connectivity index (χ4v) is 2.66. The highest BCUT2D eigenvalue weighted by Crippen LogP contribution is 2.55. The van der Waals surface area contributed by atoms with Gasteiger partial charge in [0.05, 0.1) is 5.41 Å². The Morgan fingerprint density at radius 1 is 1.32 bits per heavy atom. The summed E-state index contributed by atoms with van der Waals surface area (Å²) in [5, 5.41) is 4.82. The average molecular weight is 367 g/mol. The maximum absolute atomic E-state index is 13.0. The second kappa shape index (κ2) is 7.83. The Kier molecular flexibility index (Phi) is 6.02. The molecule has 0 unspecified atom stereocenters. The van der Waals surface area contributed by atoms with E-state index in [4.69, 9.17) is 0 Å². The van der Waals surface area contributed by atoms with E-state index in [1.54, 1.807) is 0 Å². The molecule has 10 heteroatoms. The van der Waals surface area contributed by atoms with Gasteiger partial charge in [0.15, 0.2) is 0 Å². The number of nitrogens with one attached hydrogen (secondary N) is 2. The standard InChI is InChI=1S/C15H18F5N3O2/c16-12(17)25-11-8-10(2-6-21-11)9-23-13(24)22-7-5-14(3-1-4-14)15(18,19)20/h2,6,8,12H,1,3-5,7,9H2,(H2,22,23,24). The van der Waals surface area contributed by atoms with E-state index < -0.39 is 24.2 Å². The highest BCUT2D eigenvalue weighted by atomic mass is 19.4. The highest BCUT2D eigenvalue weighted by molar-refractivity contribution is 5.73. The van der Waals surface area contributed by atoms with Crippen LogP contribution in [0.1, 0.15) is 31.2 Å². The molecule has 1 aliphatic carbocycles.